The third-order valence-corrected chi connectivity index (χ3v) is 5.87. The molecule has 2 heterocycles. The molecule has 3 rings (SSSR count). The Bertz CT molecular complexity index is 629. The SMILES string of the molecule is O=C(c1cc(Cl)sc1Cl)N1CCSC1c1ccccc1. The summed E-state index contributed by atoms with van der Waals surface area (Å²) in [6.07, 6.45) is 0. The maximum absolute atomic E-state index is 12.6. The van der Waals surface area contributed by atoms with Gasteiger partial charge in [-0.2, -0.15) is 0 Å². The number of carbonyl (C=O) groups excluding carboxylic acids is 1. The fraction of sp³-hybridized carbons (Fsp3) is 0.214. The minimum atomic E-state index is -0.0444. The summed E-state index contributed by atoms with van der Waals surface area (Å²) < 4.78 is 1.00. The lowest BCUT2D eigenvalue weighted by atomic mass is 10.2. The zero-order valence-corrected chi connectivity index (χ0v) is 13.5. The van der Waals surface area contributed by atoms with Crippen LogP contribution in [0.3, 0.4) is 0 Å². The zero-order valence-electron chi connectivity index (χ0n) is 10.4. The molecule has 20 heavy (non-hydrogen) atoms. The predicted octanol–water partition coefficient (Wildman–Crippen LogP) is 4.94. The Hall–Kier alpha value is -0.680. The van der Waals surface area contributed by atoms with Crippen LogP contribution in [0.5, 0.6) is 0 Å². The molecular formula is C14H11Cl2NOS2. The van der Waals surface area contributed by atoms with Crippen LogP contribution in [-0.2, 0) is 0 Å². The van der Waals surface area contributed by atoms with E-state index in [1.54, 1.807) is 17.8 Å². The Kier molecular flexibility index (Phi) is 4.26. The molecule has 0 bridgehead atoms. The first-order chi connectivity index (χ1) is 9.66. The molecule has 1 atom stereocenters. The van der Waals surface area contributed by atoms with E-state index in [9.17, 15) is 4.79 Å². The Morgan fingerprint density at radius 3 is 2.65 bits per heavy atom. The highest BCUT2D eigenvalue weighted by molar-refractivity contribution is 7.99. The molecule has 1 aromatic heterocycles. The number of amides is 1. The largest absolute Gasteiger partial charge is 0.322 e. The molecule has 1 amide bonds. The highest BCUT2D eigenvalue weighted by atomic mass is 35.5. The number of nitrogens with zero attached hydrogens (tertiary/aromatic N) is 1. The van der Waals surface area contributed by atoms with Crippen LogP contribution in [-0.4, -0.2) is 23.1 Å². The van der Waals surface area contributed by atoms with E-state index in [4.69, 9.17) is 23.2 Å². The van der Waals surface area contributed by atoms with Crippen molar-refractivity contribution in [1.29, 1.82) is 0 Å². The fourth-order valence-electron chi connectivity index (χ4n) is 2.21. The summed E-state index contributed by atoms with van der Waals surface area (Å²) in [7, 11) is 0. The topological polar surface area (TPSA) is 20.3 Å². The van der Waals surface area contributed by atoms with Crippen LogP contribution in [0.15, 0.2) is 36.4 Å². The number of hydrogen-bond donors (Lipinski definition) is 0. The van der Waals surface area contributed by atoms with Gasteiger partial charge >= 0.3 is 0 Å². The van der Waals surface area contributed by atoms with E-state index in [1.165, 1.54) is 11.3 Å². The van der Waals surface area contributed by atoms with E-state index in [2.05, 4.69) is 0 Å². The minimum absolute atomic E-state index is 0.0444. The Labute approximate surface area is 135 Å². The Morgan fingerprint density at radius 2 is 2.00 bits per heavy atom. The zero-order chi connectivity index (χ0) is 14.1. The van der Waals surface area contributed by atoms with Crippen LogP contribution in [0.25, 0.3) is 0 Å². The van der Waals surface area contributed by atoms with Crippen molar-refractivity contribution < 1.29 is 4.79 Å². The molecule has 104 valence electrons. The average Bonchev–Trinajstić information content (AvgIpc) is 3.05. The molecule has 2 nitrogen and oxygen atoms in total. The smallest absolute Gasteiger partial charge is 0.257 e. The summed E-state index contributed by atoms with van der Waals surface area (Å²) in [6, 6.07) is 11.7. The van der Waals surface area contributed by atoms with Gasteiger partial charge in [-0.25, -0.2) is 0 Å². The molecule has 0 N–H and O–H groups in total. The molecule has 0 radical (unpaired) electrons. The van der Waals surface area contributed by atoms with Crippen molar-refractivity contribution in [2.45, 2.75) is 5.37 Å². The van der Waals surface area contributed by atoms with Crippen molar-refractivity contribution in [1.82, 2.24) is 4.90 Å². The number of carbonyl (C=O) groups is 1. The van der Waals surface area contributed by atoms with Crippen molar-refractivity contribution in [3.63, 3.8) is 0 Å². The second kappa shape index (κ2) is 5.98. The molecule has 1 fully saturated rings. The van der Waals surface area contributed by atoms with Crippen LogP contribution < -0.4 is 0 Å². The van der Waals surface area contributed by atoms with Crippen molar-refractivity contribution in [3.05, 3.63) is 56.2 Å². The van der Waals surface area contributed by atoms with Gasteiger partial charge in [-0.05, 0) is 11.6 Å². The lowest BCUT2D eigenvalue weighted by Gasteiger charge is -2.23. The maximum atomic E-state index is 12.6. The minimum Gasteiger partial charge on any atom is -0.322 e. The van der Waals surface area contributed by atoms with E-state index in [-0.39, 0.29) is 11.3 Å². The number of rotatable bonds is 2. The average molecular weight is 344 g/mol. The highest BCUT2D eigenvalue weighted by Crippen LogP contribution is 2.40. The van der Waals surface area contributed by atoms with Gasteiger partial charge in [0.25, 0.3) is 5.91 Å². The number of halogens is 2. The normalized spacial score (nSPS) is 18.5. The number of hydrogen-bond acceptors (Lipinski definition) is 3. The molecule has 0 aliphatic carbocycles. The van der Waals surface area contributed by atoms with E-state index in [0.717, 1.165) is 17.9 Å². The van der Waals surface area contributed by atoms with Gasteiger partial charge in [0, 0.05) is 12.3 Å². The number of benzene rings is 1. The van der Waals surface area contributed by atoms with Crippen molar-refractivity contribution >= 4 is 52.2 Å². The van der Waals surface area contributed by atoms with Crippen molar-refractivity contribution in [3.8, 4) is 0 Å². The van der Waals surface area contributed by atoms with E-state index in [1.807, 2.05) is 35.2 Å². The molecule has 0 saturated carbocycles. The van der Waals surface area contributed by atoms with E-state index in [0.29, 0.717) is 14.2 Å². The number of thioether (sulfide) groups is 1. The summed E-state index contributed by atoms with van der Waals surface area (Å²) in [5.74, 6) is 0.887. The predicted molar refractivity (Wildman–Crippen MR) is 87.0 cm³/mol. The fourth-order valence-corrected chi connectivity index (χ4v) is 4.92. The van der Waals surface area contributed by atoms with Crippen LogP contribution in [0.1, 0.15) is 21.3 Å². The maximum Gasteiger partial charge on any atom is 0.257 e. The molecule has 1 aromatic carbocycles. The summed E-state index contributed by atoms with van der Waals surface area (Å²) in [6.45, 7) is 0.729. The van der Waals surface area contributed by atoms with Crippen LogP contribution in [0.4, 0.5) is 0 Å². The van der Waals surface area contributed by atoms with Gasteiger partial charge in [0.1, 0.15) is 9.71 Å². The van der Waals surface area contributed by atoms with Crippen LogP contribution >= 0.6 is 46.3 Å². The summed E-state index contributed by atoms with van der Waals surface area (Å²) in [5, 5.41) is 0.0541. The first-order valence-electron chi connectivity index (χ1n) is 6.09. The third-order valence-electron chi connectivity index (χ3n) is 3.12. The molecule has 6 heteroatoms. The summed E-state index contributed by atoms with van der Waals surface area (Å²) in [4.78, 5) is 14.5. The molecule has 0 spiro atoms. The van der Waals surface area contributed by atoms with Crippen molar-refractivity contribution in [2.75, 3.05) is 12.3 Å². The second-order valence-corrected chi connectivity index (χ2v) is 7.84. The quantitative estimate of drug-likeness (QED) is 0.769. The summed E-state index contributed by atoms with van der Waals surface area (Å²) >= 11 is 15.0. The van der Waals surface area contributed by atoms with E-state index >= 15 is 0 Å². The monoisotopic (exact) mass is 343 g/mol. The first kappa shape index (κ1) is 14.3. The van der Waals surface area contributed by atoms with Gasteiger partial charge in [0.2, 0.25) is 0 Å². The van der Waals surface area contributed by atoms with Gasteiger partial charge in [-0.1, -0.05) is 53.5 Å². The third kappa shape index (κ3) is 2.70. The van der Waals surface area contributed by atoms with E-state index < -0.39 is 0 Å². The lowest BCUT2D eigenvalue weighted by molar-refractivity contribution is 0.0761. The van der Waals surface area contributed by atoms with Gasteiger partial charge in [0.05, 0.1) is 9.90 Å². The van der Waals surface area contributed by atoms with Crippen LogP contribution in [0, 0.1) is 0 Å². The molecule has 2 aromatic rings. The highest BCUT2D eigenvalue weighted by Gasteiger charge is 2.32. The lowest BCUT2D eigenvalue weighted by Crippen LogP contribution is -2.30. The first-order valence-corrected chi connectivity index (χ1v) is 8.71. The van der Waals surface area contributed by atoms with Gasteiger partial charge < -0.3 is 4.90 Å². The Morgan fingerprint density at radius 1 is 1.25 bits per heavy atom. The molecule has 1 unspecified atom stereocenters. The van der Waals surface area contributed by atoms with Crippen LogP contribution in [0.2, 0.25) is 8.67 Å². The summed E-state index contributed by atoms with van der Waals surface area (Å²) in [5.41, 5.74) is 1.64. The molecule has 1 aliphatic rings. The molecule has 1 saturated heterocycles. The molecular weight excluding hydrogens is 333 g/mol. The van der Waals surface area contributed by atoms with Crippen molar-refractivity contribution in [2.24, 2.45) is 0 Å². The standard InChI is InChI=1S/C14H11Cl2NOS2/c15-11-8-10(12(16)20-11)13(18)17-6-7-19-14(17)9-4-2-1-3-5-9/h1-5,8,14H,6-7H2. The second-order valence-electron chi connectivity index (χ2n) is 4.37. The molecule has 1 aliphatic heterocycles. The van der Waals surface area contributed by atoms with Gasteiger partial charge in [0.15, 0.2) is 0 Å². The van der Waals surface area contributed by atoms with Gasteiger partial charge in [-0.15, -0.1) is 23.1 Å². The Balaban J connectivity index is 1.89. The van der Waals surface area contributed by atoms with Gasteiger partial charge in [-0.3, -0.25) is 4.79 Å². The number of thiophene rings is 1.